The van der Waals surface area contributed by atoms with Crippen molar-refractivity contribution < 1.29 is 20.8 Å². The molecule has 3 rings (SSSR count). The van der Waals surface area contributed by atoms with Crippen molar-refractivity contribution in [2.75, 3.05) is 6.61 Å². The smallest absolute Gasteiger partial charge is 0.303 e. The SMILES string of the molecule is [2H]C(c1ccccc1OCCCCCC(=O)O)N(C(=O)c1ccc(-c2ccsc2)cc1)C(C)C. The van der Waals surface area contributed by atoms with Crippen LogP contribution in [0.15, 0.2) is 65.4 Å². The standard InChI is InChI=1S/C27H31NO4S/c1-20(2)28(27(31)22-13-11-21(12-14-22)24-15-17-33-19-24)18-23-8-5-6-9-25(23)32-16-7-3-4-10-26(29)30/h5-6,8-9,11-15,17,19-20H,3-4,7,10,16,18H2,1-2H3,(H,29,30)/i18D. The van der Waals surface area contributed by atoms with E-state index < -0.39 is 12.5 Å². The van der Waals surface area contributed by atoms with Crippen molar-refractivity contribution in [1.29, 1.82) is 0 Å². The van der Waals surface area contributed by atoms with E-state index >= 15 is 0 Å². The lowest BCUT2D eigenvalue weighted by molar-refractivity contribution is -0.137. The van der Waals surface area contributed by atoms with Gasteiger partial charge in [-0.3, -0.25) is 9.59 Å². The zero-order chi connectivity index (χ0) is 24.5. The molecule has 174 valence electrons. The third-order valence-corrected chi connectivity index (χ3v) is 5.95. The molecule has 6 heteroatoms. The molecule has 5 nitrogen and oxygen atoms in total. The summed E-state index contributed by atoms with van der Waals surface area (Å²) in [7, 11) is 0. The molecule has 0 saturated heterocycles. The molecular formula is C27H31NO4S. The fourth-order valence-electron chi connectivity index (χ4n) is 3.43. The normalized spacial score (nSPS) is 12.3. The summed E-state index contributed by atoms with van der Waals surface area (Å²) in [4.78, 5) is 25.6. The number of ether oxygens (including phenoxy) is 1. The van der Waals surface area contributed by atoms with Gasteiger partial charge in [-0.25, -0.2) is 0 Å². The van der Waals surface area contributed by atoms with E-state index in [0.29, 0.717) is 29.9 Å². The van der Waals surface area contributed by atoms with Gasteiger partial charge in [0.1, 0.15) is 5.75 Å². The summed E-state index contributed by atoms with van der Waals surface area (Å²) in [6.45, 7) is 3.33. The van der Waals surface area contributed by atoms with Crippen LogP contribution in [0.5, 0.6) is 5.75 Å². The van der Waals surface area contributed by atoms with Crippen molar-refractivity contribution in [2.24, 2.45) is 0 Å². The van der Waals surface area contributed by atoms with Crippen molar-refractivity contribution in [3.05, 3.63) is 76.5 Å². The molecule has 1 aromatic heterocycles. The molecule has 0 fully saturated rings. The molecule has 1 N–H and O–H groups in total. The van der Waals surface area contributed by atoms with Crippen LogP contribution < -0.4 is 4.74 Å². The third-order valence-electron chi connectivity index (χ3n) is 5.27. The first-order valence-corrected chi connectivity index (χ1v) is 12.1. The third kappa shape index (κ3) is 7.19. The van der Waals surface area contributed by atoms with Crippen molar-refractivity contribution in [2.45, 2.75) is 52.1 Å². The van der Waals surface area contributed by atoms with Gasteiger partial charge >= 0.3 is 5.97 Å². The highest BCUT2D eigenvalue weighted by atomic mass is 32.1. The average molecular weight is 467 g/mol. The number of hydrogen-bond donors (Lipinski definition) is 1. The molecule has 0 aliphatic rings. The van der Waals surface area contributed by atoms with Gasteiger partial charge in [0.2, 0.25) is 0 Å². The molecule has 2 aromatic carbocycles. The van der Waals surface area contributed by atoms with E-state index in [1.807, 2.05) is 73.8 Å². The van der Waals surface area contributed by atoms with Crippen LogP contribution in [0.2, 0.25) is 0 Å². The number of amides is 1. The Morgan fingerprint density at radius 2 is 1.79 bits per heavy atom. The molecular weight excluding hydrogens is 434 g/mol. The van der Waals surface area contributed by atoms with Crippen LogP contribution in [0.25, 0.3) is 11.1 Å². The molecule has 0 bridgehead atoms. The van der Waals surface area contributed by atoms with Gasteiger partial charge in [0.15, 0.2) is 0 Å². The maximum Gasteiger partial charge on any atom is 0.303 e. The van der Waals surface area contributed by atoms with Crippen molar-refractivity contribution in [1.82, 2.24) is 4.90 Å². The molecule has 3 aromatic rings. The van der Waals surface area contributed by atoms with E-state index in [0.717, 1.165) is 24.0 Å². The Morgan fingerprint density at radius 1 is 1.03 bits per heavy atom. The van der Waals surface area contributed by atoms with Gasteiger partial charge in [-0.05, 0) is 79.3 Å². The van der Waals surface area contributed by atoms with Crippen molar-refractivity contribution >= 4 is 23.2 Å². The fraction of sp³-hybridized carbons (Fsp3) is 0.333. The van der Waals surface area contributed by atoms with E-state index in [1.165, 1.54) is 0 Å². The van der Waals surface area contributed by atoms with Crippen LogP contribution in [-0.2, 0) is 11.3 Å². The van der Waals surface area contributed by atoms with E-state index in [4.69, 9.17) is 11.2 Å². The molecule has 33 heavy (non-hydrogen) atoms. The lowest BCUT2D eigenvalue weighted by atomic mass is 10.1. The Labute approximate surface area is 201 Å². The van der Waals surface area contributed by atoms with Gasteiger partial charge in [-0.2, -0.15) is 11.3 Å². The second-order valence-corrected chi connectivity index (χ2v) is 8.90. The number of carboxylic acid groups (broad SMARTS) is 1. The highest BCUT2D eigenvalue weighted by Gasteiger charge is 2.20. The summed E-state index contributed by atoms with van der Waals surface area (Å²) in [6.07, 6.45) is 2.26. The number of hydrogen-bond acceptors (Lipinski definition) is 4. The Balaban J connectivity index is 1.71. The Bertz CT molecular complexity index is 1070. The van der Waals surface area contributed by atoms with E-state index in [1.54, 1.807) is 16.2 Å². The second-order valence-electron chi connectivity index (χ2n) is 8.12. The van der Waals surface area contributed by atoms with Crippen LogP contribution in [0.4, 0.5) is 0 Å². The number of unbranched alkanes of at least 4 members (excludes halogenated alkanes) is 2. The van der Waals surface area contributed by atoms with Gasteiger partial charge in [0.25, 0.3) is 5.91 Å². The number of thiophene rings is 1. The molecule has 1 amide bonds. The lowest BCUT2D eigenvalue weighted by Crippen LogP contribution is -2.36. The van der Waals surface area contributed by atoms with E-state index in [2.05, 4.69) is 5.38 Å². The zero-order valence-electron chi connectivity index (χ0n) is 20.1. The first kappa shape index (κ1) is 23.1. The van der Waals surface area contributed by atoms with Gasteiger partial charge in [-0.15, -0.1) is 0 Å². The molecule has 1 atom stereocenters. The average Bonchev–Trinajstić information content (AvgIpc) is 3.36. The summed E-state index contributed by atoms with van der Waals surface area (Å²) < 4.78 is 14.9. The molecule has 0 saturated carbocycles. The summed E-state index contributed by atoms with van der Waals surface area (Å²) >= 11 is 1.63. The van der Waals surface area contributed by atoms with Crippen LogP contribution in [0.3, 0.4) is 0 Å². The van der Waals surface area contributed by atoms with Gasteiger partial charge < -0.3 is 14.7 Å². The maximum absolute atomic E-state index is 13.4. The highest BCUT2D eigenvalue weighted by Crippen LogP contribution is 2.25. The number of benzene rings is 2. The number of carbonyl (C=O) groups excluding carboxylic acids is 1. The summed E-state index contributed by atoms with van der Waals surface area (Å²) in [5, 5.41) is 12.8. The predicted molar refractivity (Wildman–Crippen MR) is 133 cm³/mol. The molecule has 0 radical (unpaired) electrons. The number of carboxylic acids is 1. The number of carbonyl (C=O) groups is 2. The zero-order valence-corrected chi connectivity index (χ0v) is 19.9. The van der Waals surface area contributed by atoms with E-state index in [9.17, 15) is 9.59 Å². The Morgan fingerprint density at radius 3 is 2.45 bits per heavy atom. The molecule has 0 spiro atoms. The van der Waals surface area contributed by atoms with Gasteiger partial charge in [-0.1, -0.05) is 30.3 Å². The van der Waals surface area contributed by atoms with Crippen LogP contribution in [-0.4, -0.2) is 34.5 Å². The molecule has 0 aliphatic heterocycles. The quantitative estimate of drug-likeness (QED) is 0.310. The fourth-order valence-corrected chi connectivity index (χ4v) is 4.10. The monoisotopic (exact) mass is 466 g/mol. The summed E-state index contributed by atoms with van der Waals surface area (Å²) in [6, 6.07) is 16.7. The Kier molecular flexibility index (Phi) is 8.53. The molecule has 0 aliphatic carbocycles. The second kappa shape index (κ2) is 12.2. The number of nitrogens with zero attached hydrogens (tertiary/aromatic N) is 1. The van der Waals surface area contributed by atoms with Gasteiger partial charge in [0, 0.05) is 30.1 Å². The molecule has 1 unspecified atom stereocenters. The minimum atomic E-state index is -0.924. The van der Waals surface area contributed by atoms with Crippen molar-refractivity contribution in [3.63, 3.8) is 0 Å². The Hall–Kier alpha value is -3.12. The first-order valence-electron chi connectivity index (χ1n) is 11.8. The minimum absolute atomic E-state index is 0.158. The summed E-state index contributed by atoms with van der Waals surface area (Å²) in [5.41, 5.74) is 3.35. The number of aliphatic carboxylic acids is 1. The van der Waals surface area contributed by atoms with E-state index in [-0.39, 0.29) is 18.4 Å². The first-order chi connectivity index (χ1) is 16.4. The van der Waals surface area contributed by atoms with Crippen molar-refractivity contribution in [3.8, 4) is 16.9 Å². The highest BCUT2D eigenvalue weighted by molar-refractivity contribution is 7.08. The summed E-state index contributed by atoms with van der Waals surface area (Å²) in [5.74, 6) is -0.412. The largest absolute Gasteiger partial charge is 0.493 e. The predicted octanol–water partition coefficient (Wildman–Crippen LogP) is 6.49. The van der Waals surface area contributed by atoms with Crippen LogP contribution >= 0.6 is 11.3 Å². The minimum Gasteiger partial charge on any atom is -0.493 e. The van der Waals surface area contributed by atoms with Crippen LogP contribution in [0, 0.1) is 0 Å². The topological polar surface area (TPSA) is 66.8 Å². The van der Waals surface area contributed by atoms with Crippen LogP contribution in [0.1, 0.15) is 56.8 Å². The maximum atomic E-state index is 13.4. The molecule has 1 heterocycles. The number of para-hydroxylation sites is 1. The lowest BCUT2D eigenvalue weighted by Gasteiger charge is -2.28. The van der Waals surface area contributed by atoms with Gasteiger partial charge in [0.05, 0.1) is 7.98 Å². The number of rotatable bonds is 12.